The van der Waals surface area contributed by atoms with Crippen LogP contribution >= 0.6 is 0 Å². The van der Waals surface area contributed by atoms with Gasteiger partial charge in [0.05, 0.1) is 20.3 Å². The van der Waals surface area contributed by atoms with Crippen molar-refractivity contribution in [1.29, 1.82) is 0 Å². The Morgan fingerprint density at radius 2 is 2.06 bits per heavy atom. The number of aromatic nitrogens is 2. The molecule has 0 fully saturated rings. The quantitative estimate of drug-likeness (QED) is 0.882. The summed E-state index contributed by atoms with van der Waals surface area (Å²) in [6.07, 6.45) is 0. The molecule has 0 aliphatic rings. The predicted octanol–water partition coefficient (Wildman–Crippen LogP) is 1.44. The molecule has 1 aromatic carbocycles. The second-order valence-corrected chi connectivity index (χ2v) is 3.76. The molecule has 0 saturated heterocycles. The summed E-state index contributed by atoms with van der Waals surface area (Å²) in [6, 6.07) is 4.91. The Kier molecular flexibility index (Phi) is 3.47. The number of nitrogens with zero attached hydrogens (tertiary/aromatic N) is 2. The molecule has 2 aromatic rings. The number of benzene rings is 1. The summed E-state index contributed by atoms with van der Waals surface area (Å²) in [5, 5.41) is 3.81. The smallest absolute Gasteiger partial charge is 0.223 e. The number of methoxy groups -OCH3 is 2. The van der Waals surface area contributed by atoms with E-state index in [-0.39, 0.29) is 0 Å². The molecule has 0 bridgehead atoms. The highest BCUT2D eigenvalue weighted by Gasteiger charge is 2.19. The molecule has 6 nitrogen and oxygen atoms in total. The lowest BCUT2D eigenvalue weighted by molar-refractivity contribution is 0.380. The second kappa shape index (κ2) is 5.05. The van der Waals surface area contributed by atoms with Crippen LogP contribution < -0.4 is 15.2 Å². The Bertz CT molecular complexity index is 539. The van der Waals surface area contributed by atoms with E-state index < -0.39 is 6.04 Å². The van der Waals surface area contributed by atoms with E-state index in [0.717, 1.165) is 5.56 Å². The Morgan fingerprint density at radius 1 is 1.28 bits per heavy atom. The first-order chi connectivity index (χ1) is 8.65. The maximum absolute atomic E-state index is 6.09. The fraction of sp³-hybridized carbons (Fsp3) is 0.333. The van der Waals surface area contributed by atoms with Gasteiger partial charge in [-0.25, -0.2) is 0 Å². The number of rotatable bonds is 4. The van der Waals surface area contributed by atoms with Crippen LogP contribution in [0.2, 0.25) is 0 Å². The van der Waals surface area contributed by atoms with Crippen LogP contribution in [-0.2, 0) is 0 Å². The Labute approximate surface area is 105 Å². The number of nitrogens with two attached hydrogens (primary N) is 1. The Hall–Kier alpha value is -2.08. The first kappa shape index (κ1) is 12.4. The van der Waals surface area contributed by atoms with Crippen molar-refractivity contribution in [3.63, 3.8) is 0 Å². The number of hydrogen-bond donors (Lipinski definition) is 1. The zero-order chi connectivity index (χ0) is 13.1. The summed E-state index contributed by atoms with van der Waals surface area (Å²) in [6.45, 7) is 1.72. The Morgan fingerprint density at radius 3 is 2.61 bits per heavy atom. The molecule has 0 aliphatic carbocycles. The fourth-order valence-corrected chi connectivity index (χ4v) is 1.66. The van der Waals surface area contributed by atoms with Crippen LogP contribution in [-0.4, -0.2) is 24.4 Å². The van der Waals surface area contributed by atoms with Crippen LogP contribution in [0.15, 0.2) is 22.7 Å². The molecule has 0 spiro atoms. The average molecular weight is 249 g/mol. The zero-order valence-electron chi connectivity index (χ0n) is 10.5. The van der Waals surface area contributed by atoms with Crippen LogP contribution in [0, 0.1) is 6.92 Å². The predicted molar refractivity (Wildman–Crippen MR) is 64.6 cm³/mol. The highest BCUT2D eigenvalue weighted by atomic mass is 16.5. The molecule has 1 atom stereocenters. The van der Waals surface area contributed by atoms with Gasteiger partial charge in [-0.2, -0.15) is 4.98 Å². The van der Waals surface area contributed by atoms with Crippen LogP contribution in [0.4, 0.5) is 0 Å². The van der Waals surface area contributed by atoms with Gasteiger partial charge >= 0.3 is 0 Å². The number of hydrogen-bond acceptors (Lipinski definition) is 6. The van der Waals surface area contributed by atoms with Crippen LogP contribution in [0.5, 0.6) is 11.5 Å². The largest absolute Gasteiger partial charge is 0.497 e. The van der Waals surface area contributed by atoms with Crippen molar-refractivity contribution in [2.45, 2.75) is 13.0 Å². The van der Waals surface area contributed by atoms with Crippen molar-refractivity contribution in [3.8, 4) is 11.5 Å². The van der Waals surface area contributed by atoms with Crippen molar-refractivity contribution >= 4 is 0 Å². The minimum absolute atomic E-state index is 0.427. The highest BCUT2D eigenvalue weighted by molar-refractivity contribution is 5.44. The highest BCUT2D eigenvalue weighted by Crippen LogP contribution is 2.30. The van der Waals surface area contributed by atoms with Gasteiger partial charge in [0, 0.05) is 18.6 Å². The maximum atomic E-state index is 6.09. The van der Waals surface area contributed by atoms with Gasteiger partial charge in [0.2, 0.25) is 5.89 Å². The van der Waals surface area contributed by atoms with Crippen molar-refractivity contribution in [1.82, 2.24) is 10.1 Å². The van der Waals surface area contributed by atoms with E-state index in [0.29, 0.717) is 23.2 Å². The Balaban J connectivity index is 2.38. The molecule has 1 aromatic heterocycles. The van der Waals surface area contributed by atoms with Gasteiger partial charge in [-0.05, 0) is 12.1 Å². The SMILES string of the molecule is COc1ccc(C(N)c2noc(C)n2)c(OC)c1. The number of ether oxygens (including phenoxy) is 2. The topological polar surface area (TPSA) is 83.4 Å². The molecular weight excluding hydrogens is 234 g/mol. The van der Waals surface area contributed by atoms with Crippen molar-refractivity contribution in [2.75, 3.05) is 14.2 Å². The fourth-order valence-electron chi connectivity index (χ4n) is 1.66. The van der Waals surface area contributed by atoms with Gasteiger partial charge in [0.15, 0.2) is 5.82 Å². The van der Waals surface area contributed by atoms with Crippen molar-refractivity contribution in [3.05, 3.63) is 35.5 Å². The molecule has 0 aliphatic heterocycles. The van der Waals surface area contributed by atoms with Crippen LogP contribution in [0.25, 0.3) is 0 Å². The molecule has 6 heteroatoms. The van der Waals surface area contributed by atoms with Gasteiger partial charge in [0.1, 0.15) is 11.5 Å². The minimum atomic E-state index is -0.497. The van der Waals surface area contributed by atoms with Gasteiger partial charge in [-0.1, -0.05) is 5.16 Å². The molecule has 1 unspecified atom stereocenters. The summed E-state index contributed by atoms with van der Waals surface area (Å²) in [7, 11) is 3.17. The lowest BCUT2D eigenvalue weighted by atomic mass is 10.1. The molecule has 0 saturated carbocycles. The summed E-state index contributed by atoms with van der Waals surface area (Å²) < 4.78 is 15.3. The molecule has 1 heterocycles. The average Bonchev–Trinajstić information content (AvgIpc) is 2.83. The molecule has 2 N–H and O–H groups in total. The minimum Gasteiger partial charge on any atom is -0.497 e. The zero-order valence-corrected chi connectivity index (χ0v) is 10.5. The molecule has 96 valence electrons. The third kappa shape index (κ3) is 2.28. The summed E-state index contributed by atoms with van der Waals surface area (Å²) in [5.74, 6) is 2.24. The molecular formula is C12H15N3O3. The van der Waals surface area contributed by atoms with Crippen LogP contribution in [0.1, 0.15) is 23.3 Å². The molecule has 18 heavy (non-hydrogen) atoms. The van der Waals surface area contributed by atoms with Gasteiger partial charge in [0.25, 0.3) is 0 Å². The maximum Gasteiger partial charge on any atom is 0.223 e. The standard InChI is InChI=1S/C12H15N3O3/c1-7-14-12(15-18-7)11(13)9-5-4-8(16-2)6-10(9)17-3/h4-6,11H,13H2,1-3H3. The lowest BCUT2D eigenvalue weighted by Gasteiger charge is -2.13. The molecule has 0 radical (unpaired) electrons. The van der Waals surface area contributed by atoms with E-state index in [2.05, 4.69) is 10.1 Å². The van der Waals surface area contributed by atoms with E-state index in [1.165, 1.54) is 0 Å². The van der Waals surface area contributed by atoms with E-state index in [4.69, 9.17) is 19.7 Å². The van der Waals surface area contributed by atoms with Gasteiger partial charge < -0.3 is 19.7 Å². The second-order valence-electron chi connectivity index (χ2n) is 3.76. The first-order valence-electron chi connectivity index (χ1n) is 5.43. The van der Waals surface area contributed by atoms with Crippen molar-refractivity contribution < 1.29 is 14.0 Å². The molecule has 2 rings (SSSR count). The first-order valence-corrected chi connectivity index (χ1v) is 5.43. The van der Waals surface area contributed by atoms with Crippen LogP contribution in [0.3, 0.4) is 0 Å². The van der Waals surface area contributed by atoms with Gasteiger partial charge in [-0.3, -0.25) is 0 Å². The van der Waals surface area contributed by atoms with E-state index in [1.807, 2.05) is 12.1 Å². The summed E-state index contributed by atoms with van der Waals surface area (Å²) >= 11 is 0. The normalized spacial score (nSPS) is 12.2. The third-order valence-corrected chi connectivity index (χ3v) is 2.60. The number of aryl methyl sites for hydroxylation is 1. The monoisotopic (exact) mass is 249 g/mol. The van der Waals surface area contributed by atoms with E-state index in [9.17, 15) is 0 Å². The molecule has 0 amide bonds. The van der Waals surface area contributed by atoms with E-state index >= 15 is 0 Å². The lowest BCUT2D eigenvalue weighted by Crippen LogP contribution is -2.14. The summed E-state index contributed by atoms with van der Waals surface area (Å²) in [5.41, 5.74) is 6.87. The van der Waals surface area contributed by atoms with Crippen molar-refractivity contribution in [2.24, 2.45) is 5.73 Å². The summed E-state index contributed by atoms with van der Waals surface area (Å²) in [4.78, 5) is 4.12. The third-order valence-electron chi connectivity index (χ3n) is 2.60. The van der Waals surface area contributed by atoms with Gasteiger partial charge in [-0.15, -0.1) is 0 Å². The van der Waals surface area contributed by atoms with E-state index in [1.54, 1.807) is 27.2 Å².